The molecule has 2 atom stereocenters. The van der Waals surface area contributed by atoms with Gasteiger partial charge in [0.1, 0.15) is 18.0 Å². The van der Waals surface area contributed by atoms with Crippen LogP contribution < -0.4 is 32.3 Å². The summed E-state index contributed by atoms with van der Waals surface area (Å²) < 4.78 is 7.22. The minimum Gasteiger partial charge on any atom is -0.543 e. The van der Waals surface area contributed by atoms with Crippen LogP contribution in [0.3, 0.4) is 0 Å². The van der Waals surface area contributed by atoms with Crippen LogP contribution >= 0.6 is 23.3 Å². The zero-order valence-corrected chi connectivity index (χ0v) is 25.4. The summed E-state index contributed by atoms with van der Waals surface area (Å²) in [6.45, 7) is 2.86. The van der Waals surface area contributed by atoms with Crippen LogP contribution in [0.15, 0.2) is 22.6 Å². The van der Waals surface area contributed by atoms with Crippen molar-refractivity contribution >= 4 is 63.7 Å². The number of anilines is 2. The fourth-order valence-electron chi connectivity index (χ4n) is 4.49. The molecule has 1 fully saturated rings. The summed E-state index contributed by atoms with van der Waals surface area (Å²) in [4.78, 5) is 60.2. The predicted molar refractivity (Wildman–Crippen MR) is 154 cm³/mol. The Balaban J connectivity index is 1.58. The number of aliphatic hydroxyl groups is 1. The van der Waals surface area contributed by atoms with Crippen molar-refractivity contribution in [3.8, 4) is 0 Å². The number of hydrogen-bond donors (Lipinski definition) is 6. The quantitative estimate of drug-likeness (QED) is 0.0497. The van der Waals surface area contributed by atoms with Gasteiger partial charge in [0.25, 0.3) is 11.8 Å². The molecule has 0 radical (unpaired) electrons. The zero-order valence-electron chi connectivity index (χ0n) is 23.8. The number of β-lactam (4-membered cyclic amide) rings is 1. The lowest BCUT2D eigenvalue weighted by Crippen LogP contribution is -2.71. The maximum absolute atomic E-state index is 13.3. The average molecular weight is 653 g/mol. The van der Waals surface area contributed by atoms with Gasteiger partial charge in [-0.05, 0) is 33.2 Å². The van der Waals surface area contributed by atoms with Crippen LogP contribution in [-0.4, -0.2) is 94.5 Å². The molecule has 2 aromatic heterocycles. The van der Waals surface area contributed by atoms with Crippen molar-refractivity contribution in [3.05, 3.63) is 28.9 Å². The highest BCUT2D eigenvalue weighted by Crippen LogP contribution is 2.40. The van der Waals surface area contributed by atoms with Gasteiger partial charge in [-0.3, -0.25) is 14.5 Å². The average Bonchev–Trinajstić information content (AvgIpc) is 3.52. The number of carboxylic acids is 2. The Bertz CT molecular complexity index is 1530. The SMILES string of the molecule is CC(C)(O/N=C(\C(=O)N[C@@H]1C(=O)N2C(C(=O)[O-])=C(C[n+]3cc(CCCN)c(N)n3CCO)CS[C@H]12)c1nsc(N)n1)C(=O)O. The van der Waals surface area contributed by atoms with Crippen molar-refractivity contribution in [1.29, 1.82) is 0 Å². The highest BCUT2D eigenvalue weighted by atomic mass is 32.2. The molecular weight excluding hydrogens is 620 g/mol. The molecule has 9 N–H and O–H groups in total. The van der Waals surface area contributed by atoms with E-state index in [0.29, 0.717) is 30.8 Å². The number of hydrogen-bond acceptors (Lipinski definition) is 15. The second-order valence-electron chi connectivity index (χ2n) is 10.3. The molecule has 238 valence electrons. The Morgan fingerprint density at radius 2 is 2.07 bits per heavy atom. The van der Waals surface area contributed by atoms with E-state index < -0.39 is 46.5 Å². The van der Waals surface area contributed by atoms with Gasteiger partial charge in [-0.2, -0.15) is 9.36 Å². The molecule has 0 spiro atoms. The number of aliphatic carboxylic acids is 2. The first-order valence-electron chi connectivity index (χ1n) is 13.3. The van der Waals surface area contributed by atoms with Crippen LogP contribution in [0.25, 0.3) is 0 Å². The highest BCUT2D eigenvalue weighted by molar-refractivity contribution is 8.00. The first-order chi connectivity index (χ1) is 20.8. The zero-order chi connectivity index (χ0) is 32.3. The van der Waals surface area contributed by atoms with Crippen molar-refractivity contribution in [2.75, 3.05) is 30.4 Å². The molecule has 2 aliphatic rings. The molecule has 2 aromatic rings. The fourth-order valence-corrected chi connectivity index (χ4v) is 6.26. The van der Waals surface area contributed by atoms with Gasteiger partial charge < -0.3 is 47.5 Å². The second kappa shape index (κ2) is 13.2. The van der Waals surface area contributed by atoms with Gasteiger partial charge in [-0.1, -0.05) is 5.16 Å². The third-order valence-corrected chi connectivity index (χ3v) is 8.70. The summed E-state index contributed by atoms with van der Waals surface area (Å²) in [6.07, 6.45) is 3.02. The maximum Gasteiger partial charge on any atom is 0.350 e. The van der Waals surface area contributed by atoms with E-state index in [-0.39, 0.29) is 42.1 Å². The highest BCUT2D eigenvalue weighted by Gasteiger charge is 2.53. The Morgan fingerprint density at radius 1 is 1.34 bits per heavy atom. The van der Waals surface area contributed by atoms with E-state index in [1.54, 1.807) is 15.6 Å². The van der Waals surface area contributed by atoms with Crippen LogP contribution in [0.2, 0.25) is 0 Å². The Hall–Kier alpha value is -4.27. The fraction of sp³-hybridized carbons (Fsp3) is 0.500. The summed E-state index contributed by atoms with van der Waals surface area (Å²) >= 11 is 1.97. The molecule has 4 heterocycles. The normalized spacial score (nSPS) is 18.6. The largest absolute Gasteiger partial charge is 0.543 e. The number of fused-ring (bicyclic) bond motifs is 1. The molecular formula is C24H32N10O8S2. The number of carbonyl (C=O) groups excluding carboxylic acids is 3. The van der Waals surface area contributed by atoms with E-state index in [9.17, 15) is 34.5 Å². The topological polar surface area (TPSA) is 281 Å². The first-order valence-corrected chi connectivity index (χ1v) is 15.1. The van der Waals surface area contributed by atoms with E-state index in [1.165, 1.54) is 25.6 Å². The molecule has 20 heteroatoms. The summed E-state index contributed by atoms with van der Waals surface area (Å²) in [5.74, 6) is -4.29. The van der Waals surface area contributed by atoms with Crippen molar-refractivity contribution in [3.63, 3.8) is 0 Å². The lowest BCUT2D eigenvalue weighted by Gasteiger charge is -2.50. The lowest BCUT2D eigenvalue weighted by atomic mass is 10.0. The Kier molecular flexibility index (Phi) is 9.76. The number of nitrogens with two attached hydrogens (primary N) is 3. The molecule has 0 aliphatic carbocycles. The van der Waals surface area contributed by atoms with Crippen LogP contribution in [0.4, 0.5) is 10.9 Å². The number of oxime groups is 1. The molecule has 2 aliphatic heterocycles. The summed E-state index contributed by atoms with van der Waals surface area (Å²) in [7, 11) is 0. The number of thioether (sulfide) groups is 1. The number of nitrogens with zero attached hydrogens (tertiary/aromatic N) is 6. The molecule has 44 heavy (non-hydrogen) atoms. The van der Waals surface area contributed by atoms with Gasteiger partial charge in [0.05, 0.1) is 23.8 Å². The second-order valence-corrected chi connectivity index (χ2v) is 12.2. The molecule has 2 amide bonds. The van der Waals surface area contributed by atoms with Gasteiger partial charge in [-0.15, -0.1) is 21.1 Å². The molecule has 18 nitrogen and oxygen atoms in total. The van der Waals surface area contributed by atoms with Gasteiger partial charge in [0.2, 0.25) is 23.3 Å². The Morgan fingerprint density at radius 3 is 2.66 bits per heavy atom. The Labute approximate surface area is 258 Å². The minimum absolute atomic E-state index is 0.000693. The predicted octanol–water partition coefficient (Wildman–Crippen LogP) is -3.64. The summed E-state index contributed by atoms with van der Waals surface area (Å²) in [5.41, 5.74) is 16.0. The van der Waals surface area contributed by atoms with E-state index in [0.717, 1.165) is 22.0 Å². The molecule has 0 unspecified atom stereocenters. The van der Waals surface area contributed by atoms with Crippen molar-refractivity contribution in [1.82, 2.24) is 24.3 Å². The number of carbonyl (C=O) groups is 4. The number of rotatable bonds is 14. The third-order valence-electron chi connectivity index (χ3n) is 6.81. The monoisotopic (exact) mass is 652 g/mol. The van der Waals surface area contributed by atoms with E-state index in [4.69, 9.17) is 22.0 Å². The number of amides is 2. The number of nitrogen functional groups attached to an aromatic ring is 2. The molecule has 0 aromatic carbocycles. The third kappa shape index (κ3) is 6.47. The van der Waals surface area contributed by atoms with Gasteiger partial charge >= 0.3 is 5.97 Å². The lowest BCUT2D eigenvalue weighted by molar-refractivity contribution is -0.767. The first kappa shape index (κ1) is 32.6. The van der Waals surface area contributed by atoms with E-state index in [1.807, 2.05) is 0 Å². The van der Waals surface area contributed by atoms with Gasteiger partial charge in [-0.25, -0.2) is 4.79 Å². The summed E-state index contributed by atoms with van der Waals surface area (Å²) in [5, 5.41) is 36.5. The standard InChI is InChI=1S/C24H32N10O8S2/c1-24(2,22(40)41)42-30-13(17-29-23(27)44-31-17)18(36)28-14-19(37)34-15(21(38)39)12(10-43-20(14)34)9-32-8-11(4-3-5-25)16(26)33(32)6-7-35/h8,14,20,26,35H,3-7,9-10,25H2,1-2H3,(H5,27,28,29,31,36,38,39,40,41)/b30-13-/t14-,20-/m1/s1. The molecule has 0 bridgehead atoms. The van der Waals surface area contributed by atoms with Crippen molar-refractivity contribution in [2.24, 2.45) is 10.9 Å². The van der Waals surface area contributed by atoms with Crippen molar-refractivity contribution < 1.29 is 44.0 Å². The van der Waals surface area contributed by atoms with Crippen LogP contribution in [0, 0.1) is 0 Å². The maximum atomic E-state index is 13.3. The number of nitrogens with one attached hydrogen (secondary N) is 1. The smallest absolute Gasteiger partial charge is 0.350 e. The van der Waals surface area contributed by atoms with E-state index >= 15 is 0 Å². The van der Waals surface area contributed by atoms with Crippen LogP contribution in [-0.2, 0) is 43.5 Å². The van der Waals surface area contributed by atoms with Crippen LogP contribution in [0.5, 0.6) is 0 Å². The summed E-state index contributed by atoms with van der Waals surface area (Å²) in [6, 6.07) is -1.17. The number of aryl methyl sites for hydroxylation is 1. The number of aromatic nitrogens is 4. The molecule has 1 saturated heterocycles. The minimum atomic E-state index is -1.81. The molecule has 0 saturated carbocycles. The number of carboxylic acid groups (broad SMARTS) is 2. The number of aliphatic hydroxyl groups excluding tert-OH is 1. The van der Waals surface area contributed by atoms with Crippen LogP contribution in [0.1, 0.15) is 31.7 Å². The van der Waals surface area contributed by atoms with Gasteiger partial charge in [0.15, 0.2) is 17.5 Å². The van der Waals surface area contributed by atoms with Gasteiger partial charge in [0, 0.05) is 22.9 Å². The van der Waals surface area contributed by atoms with Crippen molar-refractivity contribution in [2.45, 2.75) is 56.8 Å². The molecule has 4 rings (SSSR count). The van der Waals surface area contributed by atoms with E-state index in [2.05, 4.69) is 19.8 Å².